The van der Waals surface area contributed by atoms with Gasteiger partial charge in [-0.15, -0.1) is 0 Å². The summed E-state index contributed by atoms with van der Waals surface area (Å²) >= 11 is 6.05. The van der Waals surface area contributed by atoms with Crippen molar-refractivity contribution in [1.82, 2.24) is 15.5 Å². The Balaban J connectivity index is 1.84. The standard InChI is InChI=1S/C22H30ClFN4O2/c1-14(16-6-5-7-17(23)8-16)15(2)27-20(29)10-22(3,4)26-12-21(30)28-13-18(24)9-19(28)11-25/h5-8,14-15,18-19,26H,9-10,12-13H2,1-4H3,(H,27,29)/t14-,15?,18-,19-/m0/s1. The molecule has 6 nitrogen and oxygen atoms in total. The summed E-state index contributed by atoms with van der Waals surface area (Å²) in [5.74, 6) is -0.392. The molecule has 1 aliphatic heterocycles. The summed E-state index contributed by atoms with van der Waals surface area (Å²) in [6.45, 7) is 7.51. The third-order valence-corrected chi connectivity index (χ3v) is 5.79. The van der Waals surface area contributed by atoms with Gasteiger partial charge in [0.1, 0.15) is 12.2 Å². The van der Waals surface area contributed by atoms with Crippen molar-refractivity contribution in [2.24, 2.45) is 0 Å². The Labute approximate surface area is 182 Å². The van der Waals surface area contributed by atoms with E-state index in [1.807, 2.05) is 58.0 Å². The van der Waals surface area contributed by atoms with Gasteiger partial charge in [-0.3, -0.25) is 9.59 Å². The van der Waals surface area contributed by atoms with Gasteiger partial charge in [0, 0.05) is 35.4 Å². The Morgan fingerprint density at radius 2 is 2.10 bits per heavy atom. The molecule has 1 fully saturated rings. The number of nitrogens with one attached hydrogen (secondary N) is 2. The summed E-state index contributed by atoms with van der Waals surface area (Å²) in [6.07, 6.45) is -0.947. The highest BCUT2D eigenvalue weighted by Gasteiger charge is 2.36. The van der Waals surface area contributed by atoms with Gasteiger partial charge in [-0.1, -0.05) is 30.7 Å². The zero-order chi connectivity index (χ0) is 22.5. The van der Waals surface area contributed by atoms with Crippen LogP contribution in [0, 0.1) is 11.3 Å². The van der Waals surface area contributed by atoms with Gasteiger partial charge < -0.3 is 15.5 Å². The molecule has 1 unspecified atom stereocenters. The van der Waals surface area contributed by atoms with Crippen molar-refractivity contribution < 1.29 is 14.0 Å². The SMILES string of the molecule is CC(NC(=O)CC(C)(C)NCC(=O)N1C[C@@H](F)C[C@H]1C#N)[C@H](C)c1cccc(Cl)c1. The second-order valence-electron chi connectivity index (χ2n) is 8.64. The van der Waals surface area contributed by atoms with Crippen molar-refractivity contribution in [3.8, 4) is 6.07 Å². The van der Waals surface area contributed by atoms with Gasteiger partial charge in [-0.25, -0.2) is 4.39 Å². The largest absolute Gasteiger partial charge is 0.353 e. The highest BCUT2D eigenvalue weighted by atomic mass is 35.5. The van der Waals surface area contributed by atoms with E-state index >= 15 is 0 Å². The first-order valence-electron chi connectivity index (χ1n) is 10.2. The zero-order valence-corrected chi connectivity index (χ0v) is 18.7. The number of nitriles is 1. The third kappa shape index (κ3) is 6.68. The molecule has 2 amide bonds. The summed E-state index contributed by atoms with van der Waals surface area (Å²) in [5.41, 5.74) is 0.401. The van der Waals surface area contributed by atoms with Gasteiger partial charge in [-0.2, -0.15) is 5.26 Å². The fourth-order valence-corrected chi connectivity index (χ4v) is 3.77. The second-order valence-corrected chi connectivity index (χ2v) is 9.07. The molecule has 1 saturated heterocycles. The number of likely N-dealkylation sites (tertiary alicyclic amines) is 1. The first-order valence-corrected chi connectivity index (χ1v) is 10.5. The molecule has 2 N–H and O–H groups in total. The lowest BCUT2D eigenvalue weighted by molar-refractivity contribution is -0.131. The molecule has 164 valence electrons. The Hall–Kier alpha value is -2.17. The van der Waals surface area contributed by atoms with Crippen LogP contribution in [0.3, 0.4) is 0 Å². The highest BCUT2D eigenvalue weighted by Crippen LogP contribution is 2.23. The molecule has 8 heteroatoms. The molecule has 0 aliphatic carbocycles. The van der Waals surface area contributed by atoms with E-state index in [4.69, 9.17) is 16.9 Å². The van der Waals surface area contributed by atoms with Gasteiger partial charge >= 0.3 is 0 Å². The first-order chi connectivity index (χ1) is 14.0. The molecule has 30 heavy (non-hydrogen) atoms. The van der Waals surface area contributed by atoms with Crippen LogP contribution in [0.1, 0.15) is 52.0 Å². The number of rotatable bonds is 8. The van der Waals surface area contributed by atoms with Gasteiger partial charge in [-0.05, 0) is 38.5 Å². The Bertz CT molecular complexity index is 811. The summed E-state index contributed by atoms with van der Waals surface area (Å²) in [4.78, 5) is 26.2. The molecule has 0 saturated carbocycles. The van der Waals surface area contributed by atoms with Crippen molar-refractivity contribution in [3.05, 3.63) is 34.9 Å². The Morgan fingerprint density at radius 1 is 1.40 bits per heavy atom. The number of carbonyl (C=O) groups is 2. The van der Waals surface area contributed by atoms with Gasteiger partial charge in [0.05, 0.1) is 19.2 Å². The van der Waals surface area contributed by atoms with E-state index in [1.165, 1.54) is 4.90 Å². The summed E-state index contributed by atoms with van der Waals surface area (Å²) in [6, 6.07) is 8.70. The lowest BCUT2D eigenvalue weighted by atomic mass is 9.93. The average molecular weight is 437 g/mol. The molecule has 1 aromatic carbocycles. The van der Waals surface area contributed by atoms with Crippen LogP contribution in [0.5, 0.6) is 0 Å². The molecule has 4 atom stereocenters. The number of benzene rings is 1. The number of halogens is 2. The fraction of sp³-hybridized carbons (Fsp3) is 0.591. The van der Waals surface area contributed by atoms with Crippen LogP contribution in [-0.4, -0.2) is 53.6 Å². The predicted octanol–water partition coefficient (Wildman–Crippen LogP) is 3.17. The maximum absolute atomic E-state index is 13.5. The van der Waals surface area contributed by atoms with E-state index in [2.05, 4.69) is 10.6 Å². The number of hydrogen-bond donors (Lipinski definition) is 2. The topological polar surface area (TPSA) is 85.2 Å². The fourth-order valence-electron chi connectivity index (χ4n) is 3.57. The highest BCUT2D eigenvalue weighted by molar-refractivity contribution is 6.30. The predicted molar refractivity (Wildman–Crippen MR) is 115 cm³/mol. The average Bonchev–Trinajstić information content (AvgIpc) is 3.06. The molecular weight excluding hydrogens is 407 g/mol. The van der Waals surface area contributed by atoms with E-state index in [0.717, 1.165) is 5.56 Å². The summed E-state index contributed by atoms with van der Waals surface area (Å²) in [5, 5.41) is 15.8. The van der Waals surface area contributed by atoms with E-state index in [1.54, 1.807) is 0 Å². The van der Waals surface area contributed by atoms with Crippen LogP contribution in [-0.2, 0) is 9.59 Å². The minimum absolute atomic E-state index is 0.0523. The van der Waals surface area contributed by atoms with Crippen LogP contribution < -0.4 is 10.6 Å². The number of amides is 2. The molecule has 0 aromatic heterocycles. The molecule has 1 aliphatic rings. The van der Waals surface area contributed by atoms with Crippen molar-refractivity contribution in [1.29, 1.82) is 5.26 Å². The van der Waals surface area contributed by atoms with E-state index in [9.17, 15) is 14.0 Å². The van der Waals surface area contributed by atoms with Crippen LogP contribution in [0.4, 0.5) is 4.39 Å². The van der Waals surface area contributed by atoms with Crippen LogP contribution >= 0.6 is 11.6 Å². The van der Waals surface area contributed by atoms with Gasteiger partial charge in [0.25, 0.3) is 0 Å². The number of carbonyl (C=O) groups excluding carboxylic acids is 2. The third-order valence-electron chi connectivity index (χ3n) is 5.55. The number of hydrogen-bond acceptors (Lipinski definition) is 4. The summed E-state index contributed by atoms with van der Waals surface area (Å²) in [7, 11) is 0. The second kappa shape index (κ2) is 10.2. The molecule has 0 spiro atoms. The maximum atomic E-state index is 13.5. The molecule has 2 rings (SSSR count). The van der Waals surface area contributed by atoms with Crippen molar-refractivity contribution in [2.45, 2.75) is 70.2 Å². The van der Waals surface area contributed by atoms with E-state index < -0.39 is 17.8 Å². The quantitative estimate of drug-likeness (QED) is 0.655. The maximum Gasteiger partial charge on any atom is 0.237 e. The van der Waals surface area contributed by atoms with Gasteiger partial charge in [0.15, 0.2) is 0 Å². The smallest absolute Gasteiger partial charge is 0.237 e. The zero-order valence-electron chi connectivity index (χ0n) is 17.9. The molecular formula is C22H30ClFN4O2. The Kier molecular flexibility index (Phi) is 8.22. The van der Waals surface area contributed by atoms with Crippen LogP contribution in [0.15, 0.2) is 24.3 Å². The van der Waals surface area contributed by atoms with Crippen LogP contribution in [0.25, 0.3) is 0 Å². The Morgan fingerprint density at radius 3 is 2.73 bits per heavy atom. The number of alkyl halides is 1. The summed E-state index contributed by atoms with van der Waals surface area (Å²) < 4.78 is 13.5. The van der Waals surface area contributed by atoms with Crippen molar-refractivity contribution in [3.63, 3.8) is 0 Å². The molecule has 1 heterocycles. The molecule has 0 bridgehead atoms. The number of nitrogens with zero attached hydrogens (tertiary/aromatic N) is 2. The monoisotopic (exact) mass is 436 g/mol. The minimum Gasteiger partial charge on any atom is -0.353 e. The van der Waals surface area contributed by atoms with E-state index in [-0.39, 0.29) is 49.7 Å². The van der Waals surface area contributed by atoms with Crippen LogP contribution in [0.2, 0.25) is 5.02 Å². The van der Waals surface area contributed by atoms with E-state index in [0.29, 0.717) is 5.02 Å². The lowest BCUT2D eigenvalue weighted by Crippen LogP contribution is -2.50. The minimum atomic E-state index is -1.17. The lowest BCUT2D eigenvalue weighted by Gasteiger charge is -2.29. The normalized spacial score (nSPS) is 21.0. The van der Waals surface area contributed by atoms with Crippen molar-refractivity contribution >= 4 is 23.4 Å². The molecule has 0 radical (unpaired) electrons. The molecule has 1 aromatic rings. The van der Waals surface area contributed by atoms with Gasteiger partial charge in [0.2, 0.25) is 11.8 Å². The van der Waals surface area contributed by atoms with Crippen molar-refractivity contribution in [2.75, 3.05) is 13.1 Å². The first kappa shape index (κ1) is 24.1.